The van der Waals surface area contributed by atoms with Gasteiger partial charge in [-0.1, -0.05) is 18.1 Å². The van der Waals surface area contributed by atoms with Crippen LogP contribution in [0.1, 0.15) is 45.5 Å². The number of nitrogens with one attached hydrogen (secondary N) is 2. The van der Waals surface area contributed by atoms with Gasteiger partial charge in [0, 0.05) is 19.6 Å². The van der Waals surface area contributed by atoms with E-state index in [1.807, 2.05) is 6.92 Å². The lowest BCUT2D eigenvalue weighted by Gasteiger charge is -2.25. The molecule has 4 amide bonds. The number of nitrogens with zero attached hydrogens (tertiary/aromatic N) is 1. The molecule has 0 unspecified atom stereocenters. The predicted molar refractivity (Wildman–Crippen MR) is 107 cm³/mol. The van der Waals surface area contributed by atoms with E-state index in [-0.39, 0.29) is 48.2 Å². The van der Waals surface area contributed by atoms with Crippen molar-refractivity contribution in [3.05, 3.63) is 34.9 Å². The normalized spacial score (nSPS) is 16.0. The smallest absolute Gasteiger partial charge is 0.261 e. The minimum Gasteiger partial charge on any atom is -0.355 e. The first kappa shape index (κ1) is 20.4. The molecule has 1 saturated carbocycles. The van der Waals surface area contributed by atoms with Gasteiger partial charge in [0.2, 0.25) is 11.8 Å². The summed E-state index contributed by atoms with van der Waals surface area (Å²) >= 11 is 1.25. The van der Waals surface area contributed by atoms with Crippen molar-refractivity contribution in [2.45, 2.75) is 26.2 Å². The Morgan fingerprint density at radius 1 is 1.07 bits per heavy atom. The van der Waals surface area contributed by atoms with Gasteiger partial charge in [0.05, 0.1) is 22.6 Å². The van der Waals surface area contributed by atoms with E-state index >= 15 is 0 Å². The molecule has 0 atom stereocenters. The SMILES string of the molecule is Cc1ccc2c(c1)C(=O)N(CCNC(=O)CSCC(=O)NCC1CCC1)C2=O. The van der Waals surface area contributed by atoms with Crippen LogP contribution in [-0.4, -0.2) is 59.7 Å². The number of rotatable bonds is 9. The first-order valence-electron chi connectivity index (χ1n) is 9.53. The molecule has 8 heteroatoms. The second-order valence-electron chi connectivity index (χ2n) is 7.25. The van der Waals surface area contributed by atoms with Gasteiger partial charge in [-0.2, -0.15) is 0 Å². The zero-order chi connectivity index (χ0) is 20.1. The molecular weight excluding hydrogens is 378 g/mol. The molecule has 1 aromatic rings. The number of thioether (sulfide) groups is 1. The Morgan fingerprint density at radius 3 is 2.43 bits per heavy atom. The second-order valence-corrected chi connectivity index (χ2v) is 8.24. The van der Waals surface area contributed by atoms with Crippen LogP contribution >= 0.6 is 11.8 Å². The monoisotopic (exact) mass is 403 g/mol. The topological polar surface area (TPSA) is 95.6 Å². The van der Waals surface area contributed by atoms with Crippen LogP contribution in [-0.2, 0) is 9.59 Å². The van der Waals surface area contributed by atoms with Gasteiger partial charge >= 0.3 is 0 Å². The fourth-order valence-corrected chi connectivity index (χ4v) is 3.89. The zero-order valence-electron chi connectivity index (χ0n) is 16.0. The largest absolute Gasteiger partial charge is 0.355 e. The van der Waals surface area contributed by atoms with Gasteiger partial charge in [-0.25, -0.2) is 0 Å². The molecule has 0 aromatic heterocycles. The number of hydrogen-bond donors (Lipinski definition) is 2. The van der Waals surface area contributed by atoms with E-state index in [1.54, 1.807) is 18.2 Å². The summed E-state index contributed by atoms with van der Waals surface area (Å²) in [7, 11) is 0. The van der Waals surface area contributed by atoms with E-state index in [0.29, 0.717) is 17.0 Å². The van der Waals surface area contributed by atoms with E-state index in [1.165, 1.54) is 31.0 Å². The van der Waals surface area contributed by atoms with Gasteiger partial charge in [-0.3, -0.25) is 24.1 Å². The molecule has 1 aromatic carbocycles. The summed E-state index contributed by atoms with van der Waals surface area (Å²) in [4.78, 5) is 49.4. The van der Waals surface area contributed by atoms with Crippen molar-refractivity contribution < 1.29 is 19.2 Å². The molecule has 150 valence electrons. The highest BCUT2D eigenvalue weighted by Gasteiger charge is 2.34. The van der Waals surface area contributed by atoms with Gasteiger partial charge < -0.3 is 10.6 Å². The predicted octanol–water partition coefficient (Wildman–Crippen LogP) is 1.36. The molecule has 1 aliphatic heterocycles. The lowest BCUT2D eigenvalue weighted by atomic mass is 9.85. The van der Waals surface area contributed by atoms with E-state index in [2.05, 4.69) is 10.6 Å². The van der Waals surface area contributed by atoms with Gasteiger partial charge in [0.1, 0.15) is 0 Å². The van der Waals surface area contributed by atoms with E-state index in [0.717, 1.165) is 17.0 Å². The summed E-state index contributed by atoms with van der Waals surface area (Å²) in [6.45, 7) is 2.92. The maximum atomic E-state index is 12.4. The Hall–Kier alpha value is -2.35. The van der Waals surface area contributed by atoms with Crippen molar-refractivity contribution in [3.63, 3.8) is 0 Å². The Kier molecular flexibility index (Phi) is 6.72. The van der Waals surface area contributed by atoms with Crippen molar-refractivity contribution in [2.75, 3.05) is 31.1 Å². The summed E-state index contributed by atoms with van der Waals surface area (Å²) in [6, 6.07) is 5.17. The van der Waals surface area contributed by atoms with Crippen LogP contribution in [0.3, 0.4) is 0 Å². The molecule has 2 aliphatic rings. The van der Waals surface area contributed by atoms with E-state index < -0.39 is 0 Å². The van der Waals surface area contributed by atoms with Gasteiger partial charge in [0.15, 0.2) is 0 Å². The maximum absolute atomic E-state index is 12.4. The number of imide groups is 1. The van der Waals surface area contributed by atoms with Gasteiger partial charge in [0.25, 0.3) is 11.8 Å². The van der Waals surface area contributed by atoms with Crippen LogP contribution in [0, 0.1) is 12.8 Å². The number of carbonyl (C=O) groups excluding carboxylic acids is 4. The fraction of sp³-hybridized carbons (Fsp3) is 0.500. The average Bonchev–Trinajstić information content (AvgIpc) is 2.84. The molecule has 0 bridgehead atoms. The summed E-state index contributed by atoms with van der Waals surface area (Å²) in [6.07, 6.45) is 3.61. The quantitative estimate of drug-likeness (QED) is 0.607. The van der Waals surface area contributed by atoms with Crippen LogP contribution in [0.15, 0.2) is 18.2 Å². The highest BCUT2D eigenvalue weighted by molar-refractivity contribution is 8.00. The molecular formula is C20H25N3O4S. The first-order valence-corrected chi connectivity index (χ1v) is 10.7. The van der Waals surface area contributed by atoms with Crippen LogP contribution in [0.4, 0.5) is 0 Å². The second kappa shape index (κ2) is 9.23. The first-order chi connectivity index (χ1) is 13.5. The Labute approximate surface area is 168 Å². The summed E-state index contributed by atoms with van der Waals surface area (Å²) in [5, 5.41) is 5.58. The molecule has 7 nitrogen and oxygen atoms in total. The Morgan fingerprint density at radius 2 is 1.75 bits per heavy atom. The van der Waals surface area contributed by atoms with Crippen LogP contribution in [0.5, 0.6) is 0 Å². The lowest BCUT2D eigenvalue weighted by Crippen LogP contribution is -2.38. The third kappa shape index (κ3) is 4.92. The molecule has 0 spiro atoms. The molecule has 0 radical (unpaired) electrons. The summed E-state index contributed by atoms with van der Waals surface area (Å²) < 4.78 is 0. The van der Waals surface area contributed by atoms with Gasteiger partial charge in [-0.05, 0) is 37.8 Å². The Balaban J connectivity index is 1.32. The maximum Gasteiger partial charge on any atom is 0.261 e. The number of aryl methyl sites for hydroxylation is 1. The fourth-order valence-electron chi connectivity index (χ4n) is 3.21. The van der Waals surface area contributed by atoms with Crippen molar-refractivity contribution in [2.24, 2.45) is 5.92 Å². The van der Waals surface area contributed by atoms with E-state index in [4.69, 9.17) is 0 Å². The summed E-state index contributed by atoms with van der Waals surface area (Å²) in [5.41, 5.74) is 1.74. The molecule has 1 fully saturated rings. The van der Waals surface area contributed by atoms with Crippen molar-refractivity contribution in [1.29, 1.82) is 0 Å². The number of carbonyl (C=O) groups is 4. The van der Waals surface area contributed by atoms with E-state index in [9.17, 15) is 19.2 Å². The lowest BCUT2D eigenvalue weighted by molar-refractivity contribution is -0.119. The molecule has 2 N–H and O–H groups in total. The standard InChI is InChI=1S/C20H25N3O4S/c1-13-5-6-15-16(9-13)20(27)23(19(15)26)8-7-21-17(24)11-28-12-18(25)22-10-14-3-2-4-14/h5-6,9,14H,2-4,7-8,10-12H2,1H3,(H,21,24)(H,22,25). The molecule has 3 rings (SSSR count). The number of benzene rings is 1. The minimum atomic E-state index is -0.327. The van der Waals surface area contributed by atoms with Gasteiger partial charge in [-0.15, -0.1) is 11.8 Å². The average molecular weight is 404 g/mol. The third-order valence-electron chi connectivity index (χ3n) is 5.06. The number of amides is 4. The van der Waals surface area contributed by atoms with Crippen molar-refractivity contribution in [3.8, 4) is 0 Å². The highest BCUT2D eigenvalue weighted by atomic mass is 32.2. The van der Waals surface area contributed by atoms with Crippen LogP contribution < -0.4 is 10.6 Å². The Bertz CT molecular complexity index is 792. The highest BCUT2D eigenvalue weighted by Crippen LogP contribution is 2.25. The number of hydrogen-bond acceptors (Lipinski definition) is 5. The molecule has 1 heterocycles. The zero-order valence-corrected chi connectivity index (χ0v) is 16.8. The van der Waals surface area contributed by atoms with Crippen LogP contribution in [0.2, 0.25) is 0 Å². The van der Waals surface area contributed by atoms with Crippen molar-refractivity contribution in [1.82, 2.24) is 15.5 Å². The molecule has 1 aliphatic carbocycles. The minimum absolute atomic E-state index is 0.0500. The van der Waals surface area contributed by atoms with Crippen molar-refractivity contribution >= 4 is 35.4 Å². The molecule has 0 saturated heterocycles. The summed E-state index contributed by atoms with van der Waals surface area (Å²) in [5.74, 6) is 0.108. The van der Waals surface area contributed by atoms with Crippen LogP contribution in [0.25, 0.3) is 0 Å². The molecule has 28 heavy (non-hydrogen) atoms. The number of fused-ring (bicyclic) bond motifs is 1. The third-order valence-corrected chi connectivity index (χ3v) is 6.00.